The third-order valence-corrected chi connectivity index (χ3v) is 3.35. The van der Waals surface area contributed by atoms with Crippen molar-refractivity contribution < 1.29 is 0 Å². The molecule has 0 aromatic carbocycles. The molecule has 1 saturated carbocycles. The summed E-state index contributed by atoms with van der Waals surface area (Å²) in [5, 5.41) is 3.57. The van der Waals surface area contributed by atoms with Gasteiger partial charge in [-0.3, -0.25) is 0 Å². The first-order valence-corrected chi connectivity index (χ1v) is 6.77. The molecule has 94 valence electrons. The molecule has 3 nitrogen and oxygen atoms in total. The summed E-state index contributed by atoms with van der Waals surface area (Å²) in [6.45, 7) is 6.32. The molecule has 0 amide bonds. The molecule has 0 atom stereocenters. The highest BCUT2D eigenvalue weighted by atomic mass is 15.1. The minimum absolute atomic E-state index is 0.391. The summed E-state index contributed by atoms with van der Waals surface area (Å²) in [6, 6.07) is 2.67. The lowest BCUT2D eigenvalue weighted by Gasteiger charge is -2.23. The van der Waals surface area contributed by atoms with E-state index in [4.69, 9.17) is 0 Å². The highest BCUT2D eigenvalue weighted by Gasteiger charge is 2.14. The lowest BCUT2D eigenvalue weighted by Crippen LogP contribution is -2.23. The van der Waals surface area contributed by atoms with Crippen molar-refractivity contribution in [2.45, 2.75) is 64.8 Å². The Labute approximate surface area is 104 Å². The Balaban J connectivity index is 2.09. The standard InChI is InChI=1S/C14H23N3/c1-10(2)14-15-11(3)9-13(17-14)16-12-7-5-4-6-8-12/h9-10,12H,4-8H2,1-3H3,(H,15,16,17). The van der Waals surface area contributed by atoms with Crippen LogP contribution in [0.1, 0.15) is 63.4 Å². The van der Waals surface area contributed by atoms with Gasteiger partial charge in [0.1, 0.15) is 11.6 Å². The fourth-order valence-corrected chi connectivity index (χ4v) is 2.38. The quantitative estimate of drug-likeness (QED) is 0.866. The number of aromatic nitrogens is 2. The molecule has 0 radical (unpaired) electrons. The lowest BCUT2D eigenvalue weighted by atomic mass is 9.95. The van der Waals surface area contributed by atoms with E-state index in [1.165, 1.54) is 32.1 Å². The van der Waals surface area contributed by atoms with Crippen molar-refractivity contribution in [2.75, 3.05) is 5.32 Å². The normalized spacial score (nSPS) is 17.4. The van der Waals surface area contributed by atoms with Crippen LogP contribution in [0.4, 0.5) is 5.82 Å². The Morgan fingerprint density at radius 3 is 2.53 bits per heavy atom. The van der Waals surface area contributed by atoms with Crippen LogP contribution in [0.15, 0.2) is 6.07 Å². The van der Waals surface area contributed by atoms with E-state index in [0.717, 1.165) is 17.3 Å². The van der Waals surface area contributed by atoms with Crippen LogP contribution in [-0.4, -0.2) is 16.0 Å². The Morgan fingerprint density at radius 2 is 1.88 bits per heavy atom. The SMILES string of the molecule is Cc1cc(NC2CCCCC2)nc(C(C)C)n1. The molecule has 17 heavy (non-hydrogen) atoms. The summed E-state index contributed by atoms with van der Waals surface area (Å²) in [5.74, 6) is 2.35. The molecule has 0 saturated heterocycles. The summed E-state index contributed by atoms with van der Waals surface area (Å²) in [5.41, 5.74) is 1.06. The Morgan fingerprint density at radius 1 is 1.18 bits per heavy atom. The van der Waals surface area contributed by atoms with Gasteiger partial charge >= 0.3 is 0 Å². The summed E-state index contributed by atoms with van der Waals surface area (Å²) >= 11 is 0. The second-order valence-electron chi connectivity index (χ2n) is 5.39. The largest absolute Gasteiger partial charge is 0.367 e. The second-order valence-corrected chi connectivity index (χ2v) is 5.39. The van der Waals surface area contributed by atoms with Gasteiger partial charge in [0, 0.05) is 23.7 Å². The van der Waals surface area contributed by atoms with Crippen LogP contribution in [0, 0.1) is 6.92 Å². The molecule has 1 aliphatic carbocycles. The summed E-state index contributed by atoms with van der Waals surface area (Å²) in [6.07, 6.45) is 6.63. The zero-order valence-electron chi connectivity index (χ0n) is 11.2. The maximum Gasteiger partial charge on any atom is 0.133 e. The van der Waals surface area contributed by atoms with Crippen LogP contribution < -0.4 is 5.32 Å². The number of anilines is 1. The summed E-state index contributed by atoms with van der Waals surface area (Å²) in [7, 11) is 0. The van der Waals surface area contributed by atoms with Crippen molar-refractivity contribution in [1.82, 2.24) is 9.97 Å². The van der Waals surface area contributed by atoms with E-state index in [1.807, 2.05) is 6.92 Å². The molecule has 2 rings (SSSR count). The van der Waals surface area contributed by atoms with Crippen LogP contribution in [0.5, 0.6) is 0 Å². The number of nitrogens with one attached hydrogen (secondary N) is 1. The molecule has 1 N–H and O–H groups in total. The van der Waals surface area contributed by atoms with Crippen molar-refractivity contribution in [3.63, 3.8) is 0 Å². The lowest BCUT2D eigenvalue weighted by molar-refractivity contribution is 0.461. The van der Waals surface area contributed by atoms with Gasteiger partial charge in [-0.05, 0) is 19.8 Å². The average Bonchev–Trinajstić information content (AvgIpc) is 2.29. The molecule has 3 heteroatoms. The van der Waals surface area contributed by atoms with Gasteiger partial charge < -0.3 is 5.32 Å². The highest BCUT2D eigenvalue weighted by Crippen LogP contribution is 2.21. The van der Waals surface area contributed by atoms with Crippen LogP contribution in [0.3, 0.4) is 0 Å². The van der Waals surface area contributed by atoms with Crippen LogP contribution in [0.25, 0.3) is 0 Å². The van der Waals surface area contributed by atoms with Crippen LogP contribution in [0.2, 0.25) is 0 Å². The van der Waals surface area contributed by atoms with Crippen molar-refractivity contribution in [2.24, 2.45) is 0 Å². The van der Waals surface area contributed by atoms with Crippen molar-refractivity contribution in [3.05, 3.63) is 17.6 Å². The molecule has 1 fully saturated rings. The molecule has 1 aromatic heterocycles. The van der Waals surface area contributed by atoms with Gasteiger partial charge in [0.05, 0.1) is 0 Å². The van der Waals surface area contributed by atoms with Crippen molar-refractivity contribution in [1.29, 1.82) is 0 Å². The fraction of sp³-hybridized carbons (Fsp3) is 0.714. The van der Waals surface area contributed by atoms with Gasteiger partial charge in [-0.25, -0.2) is 9.97 Å². The van der Waals surface area contributed by atoms with E-state index in [1.54, 1.807) is 0 Å². The fourth-order valence-electron chi connectivity index (χ4n) is 2.38. The smallest absolute Gasteiger partial charge is 0.133 e. The van der Waals surface area contributed by atoms with Gasteiger partial charge in [0.15, 0.2) is 0 Å². The van der Waals surface area contributed by atoms with Gasteiger partial charge in [-0.2, -0.15) is 0 Å². The van der Waals surface area contributed by atoms with E-state index >= 15 is 0 Å². The Bertz CT molecular complexity index is 368. The maximum absolute atomic E-state index is 4.60. The van der Waals surface area contributed by atoms with Gasteiger partial charge in [-0.1, -0.05) is 33.1 Å². The van der Waals surface area contributed by atoms with Crippen LogP contribution in [-0.2, 0) is 0 Å². The van der Waals surface area contributed by atoms with E-state index in [-0.39, 0.29) is 0 Å². The van der Waals surface area contributed by atoms with Gasteiger partial charge in [0.2, 0.25) is 0 Å². The Hall–Kier alpha value is -1.12. The predicted octanol–water partition coefficient (Wildman–Crippen LogP) is 3.65. The molecule has 0 bridgehead atoms. The van der Waals surface area contributed by atoms with E-state index < -0.39 is 0 Å². The zero-order valence-corrected chi connectivity index (χ0v) is 11.2. The first kappa shape index (κ1) is 12.3. The molecule has 0 unspecified atom stereocenters. The summed E-state index contributed by atoms with van der Waals surface area (Å²) < 4.78 is 0. The topological polar surface area (TPSA) is 37.8 Å². The zero-order chi connectivity index (χ0) is 12.3. The average molecular weight is 233 g/mol. The van der Waals surface area contributed by atoms with E-state index in [0.29, 0.717) is 12.0 Å². The Kier molecular flexibility index (Phi) is 3.97. The number of nitrogens with zero attached hydrogens (tertiary/aromatic N) is 2. The molecule has 1 aromatic rings. The number of hydrogen-bond acceptors (Lipinski definition) is 3. The van der Waals surface area contributed by atoms with Gasteiger partial charge in [0.25, 0.3) is 0 Å². The van der Waals surface area contributed by atoms with E-state index in [2.05, 4.69) is 35.2 Å². The van der Waals surface area contributed by atoms with Crippen molar-refractivity contribution in [3.8, 4) is 0 Å². The minimum Gasteiger partial charge on any atom is -0.367 e. The monoisotopic (exact) mass is 233 g/mol. The molecule has 1 heterocycles. The second kappa shape index (κ2) is 5.48. The third kappa shape index (κ3) is 3.42. The minimum atomic E-state index is 0.391. The number of aryl methyl sites for hydroxylation is 1. The molecule has 0 spiro atoms. The first-order chi connectivity index (χ1) is 8.15. The maximum atomic E-state index is 4.60. The number of hydrogen-bond donors (Lipinski definition) is 1. The van der Waals surface area contributed by atoms with Gasteiger partial charge in [-0.15, -0.1) is 0 Å². The summed E-state index contributed by atoms with van der Waals surface area (Å²) in [4.78, 5) is 9.08. The van der Waals surface area contributed by atoms with Crippen LogP contribution >= 0.6 is 0 Å². The first-order valence-electron chi connectivity index (χ1n) is 6.77. The third-order valence-electron chi connectivity index (χ3n) is 3.35. The molecular formula is C14H23N3. The molecular weight excluding hydrogens is 210 g/mol. The van der Waals surface area contributed by atoms with E-state index in [9.17, 15) is 0 Å². The number of rotatable bonds is 3. The highest BCUT2D eigenvalue weighted by molar-refractivity contribution is 5.37. The van der Waals surface area contributed by atoms with Crippen molar-refractivity contribution >= 4 is 5.82 Å². The molecule has 1 aliphatic rings. The molecule has 0 aliphatic heterocycles. The predicted molar refractivity (Wildman–Crippen MR) is 71.4 cm³/mol.